The average Bonchev–Trinajstić information content (AvgIpc) is 1.61. The van der Waals surface area contributed by atoms with Gasteiger partial charge in [0.15, 0.2) is 0 Å². The third kappa shape index (κ3) is 2.27. The summed E-state index contributed by atoms with van der Waals surface area (Å²) < 4.78 is 0. The minimum Gasteiger partial charge on any atom is -0.304 e. The summed E-state index contributed by atoms with van der Waals surface area (Å²) in [6.45, 7) is 11.5. The van der Waals surface area contributed by atoms with Crippen LogP contribution in [0.1, 0.15) is 34.6 Å². The van der Waals surface area contributed by atoms with Gasteiger partial charge in [-0.3, -0.25) is 0 Å². The molecule has 0 radical (unpaired) electrons. The second-order valence-electron chi connectivity index (χ2n) is 4.44. The lowest BCUT2D eigenvalue weighted by atomic mass is 9.70. The van der Waals surface area contributed by atoms with Crippen molar-refractivity contribution in [3.05, 3.63) is 0 Å². The highest BCUT2D eigenvalue weighted by Crippen LogP contribution is 2.37. The molecule has 0 aromatic heterocycles. The summed E-state index contributed by atoms with van der Waals surface area (Å²) in [5, 5.41) is 0. The molecule has 0 atom stereocenters. The molecular formula is C8H19NO. The van der Waals surface area contributed by atoms with E-state index in [1.807, 2.05) is 0 Å². The molecular weight excluding hydrogens is 126 g/mol. The summed E-state index contributed by atoms with van der Waals surface area (Å²) in [7, 11) is 0. The minimum absolute atomic E-state index is 0.141. The molecule has 0 aromatic carbocycles. The Bertz CT molecular complexity index is 102. The van der Waals surface area contributed by atoms with Crippen molar-refractivity contribution in [2.45, 2.75) is 34.6 Å². The molecule has 0 unspecified atom stereocenters. The van der Waals surface area contributed by atoms with Gasteiger partial charge in [0.05, 0.1) is 6.61 Å². The Morgan fingerprint density at radius 2 is 1.50 bits per heavy atom. The van der Waals surface area contributed by atoms with Crippen LogP contribution in [0.5, 0.6) is 0 Å². The van der Waals surface area contributed by atoms with Crippen LogP contribution in [0.25, 0.3) is 0 Å². The second kappa shape index (κ2) is 2.89. The normalized spacial score (nSPS) is 13.8. The van der Waals surface area contributed by atoms with E-state index in [0.29, 0.717) is 6.61 Å². The Morgan fingerprint density at radius 1 is 1.10 bits per heavy atom. The van der Waals surface area contributed by atoms with Gasteiger partial charge in [-0.05, 0) is 10.8 Å². The molecule has 0 spiro atoms. The topological polar surface area (TPSA) is 35.2 Å². The Labute approximate surface area is 63.7 Å². The highest BCUT2D eigenvalue weighted by atomic mass is 16.6. The van der Waals surface area contributed by atoms with Crippen molar-refractivity contribution in [1.82, 2.24) is 0 Å². The van der Waals surface area contributed by atoms with Crippen molar-refractivity contribution < 1.29 is 4.84 Å². The first-order valence-electron chi connectivity index (χ1n) is 3.63. The molecule has 0 aliphatic carbocycles. The molecule has 0 fully saturated rings. The minimum atomic E-state index is 0.141. The molecule has 2 nitrogen and oxygen atoms in total. The van der Waals surface area contributed by atoms with Crippen LogP contribution >= 0.6 is 0 Å². The SMILES string of the molecule is CC(C)(C)C(C)(C)CON. The van der Waals surface area contributed by atoms with Gasteiger partial charge < -0.3 is 4.84 Å². The van der Waals surface area contributed by atoms with E-state index in [-0.39, 0.29) is 10.8 Å². The molecule has 0 amide bonds. The van der Waals surface area contributed by atoms with Crippen LogP contribution in [0.3, 0.4) is 0 Å². The van der Waals surface area contributed by atoms with Crippen LogP contribution in [0.2, 0.25) is 0 Å². The molecule has 0 aromatic rings. The van der Waals surface area contributed by atoms with Gasteiger partial charge in [0.1, 0.15) is 0 Å². The van der Waals surface area contributed by atoms with Gasteiger partial charge in [-0.15, -0.1) is 0 Å². The van der Waals surface area contributed by atoms with Gasteiger partial charge in [-0.1, -0.05) is 34.6 Å². The molecule has 0 aliphatic heterocycles. The molecule has 0 saturated carbocycles. The lowest BCUT2D eigenvalue weighted by molar-refractivity contribution is -0.00120. The molecule has 2 N–H and O–H groups in total. The van der Waals surface area contributed by atoms with Crippen LogP contribution in [-0.4, -0.2) is 6.61 Å². The zero-order chi connectivity index (χ0) is 8.41. The fourth-order valence-electron chi connectivity index (χ4n) is 0.425. The third-order valence-electron chi connectivity index (χ3n) is 2.47. The quantitative estimate of drug-likeness (QED) is 0.603. The van der Waals surface area contributed by atoms with Crippen molar-refractivity contribution in [3.63, 3.8) is 0 Å². The van der Waals surface area contributed by atoms with Crippen molar-refractivity contribution in [3.8, 4) is 0 Å². The summed E-state index contributed by atoms with van der Waals surface area (Å²) in [4.78, 5) is 4.63. The zero-order valence-corrected chi connectivity index (χ0v) is 7.69. The average molecular weight is 145 g/mol. The number of nitrogens with two attached hydrogens (primary N) is 1. The lowest BCUT2D eigenvalue weighted by Crippen LogP contribution is -2.35. The van der Waals surface area contributed by atoms with Crippen molar-refractivity contribution >= 4 is 0 Å². The molecule has 62 valence electrons. The Balaban J connectivity index is 4.10. The van der Waals surface area contributed by atoms with E-state index in [1.54, 1.807) is 0 Å². The zero-order valence-electron chi connectivity index (χ0n) is 7.69. The maximum absolute atomic E-state index is 5.01. The molecule has 0 aliphatic rings. The predicted octanol–water partition coefficient (Wildman–Crippen LogP) is 1.95. The van der Waals surface area contributed by atoms with E-state index in [0.717, 1.165) is 0 Å². The standard InChI is InChI=1S/C8H19NO/c1-7(2,3)8(4,5)6-10-9/h6,9H2,1-5H3. The highest BCUT2D eigenvalue weighted by molar-refractivity contribution is 4.81. The number of rotatable bonds is 2. The number of hydrogen-bond acceptors (Lipinski definition) is 2. The molecule has 0 bridgehead atoms. The molecule has 0 saturated heterocycles. The van der Waals surface area contributed by atoms with Crippen molar-refractivity contribution in [2.75, 3.05) is 6.61 Å². The van der Waals surface area contributed by atoms with E-state index in [1.165, 1.54) is 0 Å². The van der Waals surface area contributed by atoms with Crippen LogP contribution in [0.15, 0.2) is 0 Å². The van der Waals surface area contributed by atoms with E-state index in [9.17, 15) is 0 Å². The fraction of sp³-hybridized carbons (Fsp3) is 1.00. The molecule has 0 heterocycles. The van der Waals surface area contributed by atoms with Crippen LogP contribution in [0, 0.1) is 10.8 Å². The first-order chi connectivity index (χ1) is 4.31. The first-order valence-corrected chi connectivity index (χ1v) is 3.63. The highest BCUT2D eigenvalue weighted by Gasteiger charge is 2.32. The third-order valence-corrected chi connectivity index (χ3v) is 2.47. The Kier molecular flexibility index (Phi) is 2.86. The summed E-state index contributed by atoms with van der Waals surface area (Å²) in [6, 6.07) is 0. The maximum Gasteiger partial charge on any atom is 0.0735 e. The fourth-order valence-corrected chi connectivity index (χ4v) is 0.425. The van der Waals surface area contributed by atoms with Crippen molar-refractivity contribution in [1.29, 1.82) is 0 Å². The number of hydrogen-bond donors (Lipinski definition) is 1. The van der Waals surface area contributed by atoms with E-state index >= 15 is 0 Å². The largest absolute Gasteiger partial charge is 0.304 e. The predicted molar refractivity (Wildman–Crippen MR) is 43.4 cm³/mol. The van der Waals surface area contributed by atoms with E-state index < -0.39 is 0 Å². The Hall–Kier alpha value is -0.0800. The first kappa shape index (κ1) is 9.92. The molecule has 10 heavy (non-hydrogen) atoms. The maximum atomic E-state index is 5.01. The van der Waals surface area contributed by atoms with Gasteiger partial charge in [0.2, 0.25) is 0 Å². The summed E-state index contributed by atoms with van der Waals surface area (Å²) in [5.74, 6) is 5.01. The molecule has 0 rings (SSSR count). The summed E-state index contributed by atoms with van der Waals surface area (Å²) in [6.07, 6.45) is 0. The van der Waals surface area contributed by atoms with Crippen LogP contribution in [-0.2, 0) is 4.84 Å². The lowest BCUT2D eigenvalue weighted by Gasteiger charge is -2.37. The van der Waals surface area contributed by atoms with E-state index in [4.69, 9.17) is 5.90 Å². The smallest absolute Gasteiger partial charge is 0.0735 e. The summed E-state index contributed by atoms with van der Waals surface area (Å²) >= 11 is 0. The van der Waals surface area contributed by atoms with Crippen molar-refractivity contribution in [2.24, 2.45) is 16.7 Å². The summed E-state index contributed by atoms with van der Waals surface area (Å²) in [5.41, 5.74) is 0.383. The van der Waals surface area contributed by atoms with Gasteiger partial charge in [-0.25, -0.2) is 5.90 Å². The van der Waals surface area contributed by atoms with Gasteiger partial charge in [0, 0.05) is 0 Å². The van der Waals surface area contributed by atoms with E-state index in [2.05, 4.69) is 39.5 Å². The van der Waals surface area contributed by atoms with Crippen LogP contribution < -0.4 is 5.90 Å². The Morgan fingerprint density at radius 3 is 1.60 bits per heavy atom. The second-order valence-corrected chi connectivity index (χ2v) is 4.44. The monoisotopic (exact) mass is 145 g/mol. The van der Waals surface area contributed by atoms with Gasteiger partial charge >= 0.3 is 0 Å². The van der Waals surface area contributed by atoms with Crippen LogP contribution in [0.4, 0.5) is 0 Å². The molecule has 2 heteroatoms. The van der Waals surface area contributed by atoms with Gasteiger partial charge in [-0.2, -0.15) is 0 Å². The van der Waals surface area contributed by atoms with Gasteiger partial charge in [0.25, 0.3) is 0 Å².